The lowest BCUT2D eigenvalue weighted by molar-refractivity contribution is -0.123. The second kappa shape index (κ2) is 7.19. The molecule has 4 rings (SSSR count). The molecule has 0 spiro atoms. The van der Waals surface area contributed by atoms with Gasteiger partial charge in [0.15, 0.2) is 6.61 Å². The number of nitrogens with zero attached hydrogens (tertiary/aromatic N) is 3. The van der Waals surface area contributed by atoms with Gasteiger partial charge in [0.25, 0.3) is 5.91 Å². The van der Waals surface area contributed by atoms with Crippen molar-refractivity contribution in [3.63, 3.8) is 0 Å². The number of rotatable bonds is 4. The number of hydrogen-bond acceptors (Lipinski definition) is 4. The maximum Gasteiger partial charge on any atom is 0.265 e. The van der Waals surface area contributed by atoms with Crippen LogP contribution in [0.3, 0.4) is 0 Å². The number of carbonyl (C=O) groups excluding carboxylic acids is 2. The second-order valence-electron chi connectivity index (χ2n) is 6.74. The zero-order valence-electron chi connectivity index (χ0n) is 15.7. The first-order chi connectivity index (χ1) is 13.5. The van der Waals surface area contributed by atoms with Crippen molar-refractivity contribution < 1.29 is 14.3 Å². The van der Waals surface area contributed by atoms with Gasteiger partial charge in [-0.1, -0.05) is 6.07 Å². The van der Waals surface area contributed by atoms with E-state index in [-0.39, 0.29) is 25.0 Å². The molecule has 28 heavy (non-hydrogen) atoms. The maximum absolute atomic E-state index is 12.5. The van der Waals surface area contributed by atoms with E-state index in [0.29, 0.717) is 17.1 Å². The van der Waals surface area contributed by atoms with Crippen LogP contribution in [0.1, 0.15) is 11.3 Å². The first-order valence-corrected chi connectivity index (χ1v) is 8.96. The van der Waals surface area contributed by atoms with Crippen LogP contribution >= 0.6 is 0 Å². The molecule has 0 atom stereocenters. The maximum atomic E-state index is 12.5. The number of anilines is 2. The third kappa shape index (κ3) is 3.59. The van der Waals surface area contributed by atoms with Crippen molar-refractivity contribution in [2.45, 2.75) is 13.8 Å². The molecule has 7 nitrogen and oxygen atoms in total. The Morgan fingerprint density at radius 1 is 1.14 bits per heavy atom. The van der Waals surface area contributed by atoms with Crippen LogP contribution in [0.5, 0.6) is 5.75 Å². The minimum absolute atomic E-state index is 0.0681. The van der Waals surface area contributed by atoms with Crippen molar-refractivity contribution in [2.24, 2.45) is 0 Å². The number of aryl methyl sites for hydroxylation is 2. The Hall–Kier alpha value is -3.61. The van der Waals surface area contributed by atoms with Gasteiger partial charge in [-0.15, -0.1) is 0 Å². The SMILES string of the molecule is Cc1ccc2c(c1)N(CC(=O)Nc1ccc(-n3ccc(C)n3)cc1)C(=O)CO2. The average Bonchev–Trinajstić information content (AvgIpc) is 3.11. The molecule has 7 heteroatoms. The van der Waals surface area contributed by atoms with Crippen molar-refractivity contribution >= 4 is 23.2 Å². The van der Waals surface area contributed by atoms with Gasteiger partial charge < -0.3 is 10.1 Å². The van der Waals surface area contributed by atoms with Crippen LogP contribution in [0.15, 0.2) is 54.7 Å². The quantitative estimate of drug-likeness (QED) is 0.760. The molecule has 2 aromatic carbocycles. The normalized spacial score (nSPS) is 13.1. The minimum Gasteiger partial charge on any atom is -0.482 e. The van der Waals surface area contributed by atoms with Crippen LogP contribution in [-0.4, -0.2) is 34.7 Å². The Morgan fingerprint density at radius 2 is 1.93 bits per heavy atom. The molecule has 1 aliphatic rings. The van der Waals surface area contributed by atoms with E-state index >= 15 is 0 Å². The number of amides is 2. The number of carbonyl (C=O) groups is 2. The summed E-state index contributed by atoms with van der Waals surface area (Å²) in [4.78, 5) is 26.2. The smallest absolute Gasteiger partial charge is 0.265 e. The third-order valence-electron chi connectivity index (χ3n) is 4.50. The molecule has 0 bridgehead atoms. The number of ether oxygens (including phenoxy) is 1. The van der Waals surface area contributed by atoms with Gasteiger partial charge in [-0.3, -0.25) is 14.5 Å². The van der Waals surface area contributed by atoms with Crippen LogP contribution in [0, 0.1) is 13.8 Å². The predicted molar refractivity (Wildman–Crippen MR) is 106 cm³/mol. The fourth-order valence-corrected chi connectivity index (χ4v) is 3.09. The number of benzene rings is 2. The third-order valence-corrected chi connectivity index (χ3v) is 4.50. The summed E-state index contributed by atoms with van der Waals surface area (Å²) >= 11 is 0. The van der Waals surface area contributed by atoms with Gasteiger partial charge in [0.2, 0.25) is 5.91 Å². The van der Waals surface area contributed by atoms with Gasteiger partial charge in [-0.25, -0.2) is 4.68 Å². The van der Waals surface area contributed by atoms with Crippen LogP contribution < -0.4 is 15.0 Å². The number of aromatic nitrogens is 2. The van der Waals surface area contributed by atoms with Gasteiger partial charge in [0, 0.05) is 11.9 Å². The van der Waals surface area contributed by atoms with E-state index in [0.717, 1.165) is 16.9 Å². The highest BCUT2D eigenvalue weighted by Crippen LogP contribution is 2.32. The minimum atomic E-state index is -0.273. The summed E-state index contributed by atoms with van der Waals surface area (Å²) in [6.07, 6.45) is 1.88. The summed E-state index contributed by atoms with van der Waals surface area (Å²) in [6.45, 7) is 3.72. The summed E-state index contributed by atoms with van der Waals surface area (Å²) in [5.74, 6) is 0.0971. The molecular weight excluding hydrogens is 356 g/mol. The number of hydrogen-bond donors (Lipinski definition) is 1. The lowest BCUT2D eigenvalue weighted by Crippen LogP contribution is -2.43. The topological polar surface area (TPSA) is 76.5 Å². The monoisotopic (exact) mass is 376 g/mol. The van der Waals surface area contributed by atoms with E-state index < -0.39 is 0 Å². The van der Waals surface area contributed by atoms with Crippen LogP contribution in [0.4, 0.5) is 11.4 Å². The lowest BCUT2D eigenvalue weighted by atomic mass is 10.1. The highest BCUT2D eigenvalue weighted by atomic mass is 16.5. The zero-order valence-corrected chi connectivity index (χ0v) is 15.7. The molecule has 1 aromatic heterocycles. The molecular formula is C21H20N4O3. The van der Waals surface area contributed by atoms with Gasteiger partial charge in [0.1, 0.15) is 12.3 Å². The van der Waals surface area contributed by atoms with Gasteiger partial charge >= 0.3 is 0 Å². The zero-order chi connectivity index (χ0) is 19.7. The van der Waals surface area contributed by atoms with E-state index in [9.17, 15) is 9.59 Å². The Labute approximate surface area is 162 Å². The standard InChI is InChI=1S/C21H20N4O3/c1-14-3-8-19-18(11-14)24(21(27)13-28-19)12-20(26)22-16-4-6-17(7-5-16)25-10-9-15(2)23-25/h3-11H,12-13H2,1-2H3,(H,22,26). The first-order valence-electron chi connectivity index (χ1n) is 8.96. The van der Waals surface area contributed by atoms with Crippen LogP contribution in [-0.2, 0) is 9.59 Å². The van der Waals surface area contributed by atoms with Gasteiger partial charge in [0.05, 0.1) is 17.1 Å². The second-order valence-corrected chi connectivity index (χ2v) is 6.74. The molecule has 0 saturated heterocycles. The summed E-state index contributed by atoms with van der Waals surface area (Å²) in [5, 5.41) is 7.19. The Bertz CT molecular complexity index is 1040. The molecule has 0 aliphatic carbocycles. The van der Waals surface area contributed by atoms with E-state index in [4.69, 9.17) is 4.74 Å². The van der Waals surface area contributed by atoms with Gasteiger partial charge in [-0.2, -0.15) is 5.10 Å². The summed E-state index contributed by atoms with van der Waals surface area (Å²) in [7, 11) is 0. The molecule has 0 radical (unpaired) electrons. The van der Waals surface area contributed by atoms with E-state index in [2.05, 4.69) is 10.4 Å². The fourth-order valence-electron chi connectivity index (χ4n) is 3.09. The summed E-state index contributed by atoms with van der Waals surface area (Å²) in [6, 6.07) is 14.9. The van der Waals surface area contributed by atoms with E-state index in [1.807, 2.05) is 68.6 Å². The lowest BCUT2D eigenvalue weighted by Gasteiger charge is -2.29. The molecule has 3 aromatic rings. The molecule has 0 unspecified atom stereocenters. The van der Waals surface area contributed by atoms with E-state index in [1.165, 1.54) is 4.90 Å². The molecule has 0 saturated carbocycles. The Kier molecular flexibility index (Phi) is 4.57. The van der Waals surface area contributed by atoms with Crippen LogP contribution in [0.25, 0.3) is 5.69 Å². The molecule has 142 valence electrons. The molecule has 2 heterocycles. The molecule has 0 fully saturated rings. The Morgan fingerprint density at radius 3 is 2.64 bits per heavy atom. The van der Waals surface area contributed by atoms with Crippen molar-refractivity contribution in [2.75, 3.05) is 23.4 Å². The van der Waals surface area contributed by atoms with Crippen molar-refractivity contribution in [3.05, 3.63) is 66.0 Å². The number of nitrogens with one attached hydrogen (secondary N) is 1. The van der Waals surface area contributed by atoms with Gasteiger partial charge in [-0.05, 0) is 61.9 Å². The summed E-state index contributed by atoms with van der Waals surface area (Å²) in [5.41, 5.74) is 4.10. The average molecular weight is 376 g/mol. The highest BCUT2D eigenvalue weighted by molar-refractivity contribution is 6.05. The first kappa shape index (κ1) is 17.8. The van der Waals surface area contributed by atoms with Crippen LogP contribution in [0.2, 0.25) is 0 Å². The van der Waals surface area contributed by atoms with Crippen molar-refractivity contribution in [1.82, 2.24) is 9.78 Å². The fraction of sp³-hybridized carbons (Fsp3) is 0.190. The van der Waals surface area contributed by atoms with Crippen molar-refractivity contribution in [3.8, 4) is 11.4 Å². The Balaban J connectivity index is 1.46. The molecule has 1 N–H and O–H groups in total. The predicted octanol–water partition coefficient (Wildman–Crippen LogP) is 2.85. The van der Waals surface area contributed by atoms with E-state index in [1.54, 1.807) is 4.68 Å². The largest absolute Gasteiger partial charge is 0.482 e. The molecule has 2 amide bonds. The number of fused-ring (bicyclic) bond motifs is 1. The highest BCUT2D eigenvalue weighted by Gasteiger charge is 2.27. The van der Waals surface area contributed by atoms with Crippen molar-refractivity contribution in [1.29, 1.82) is 0 Å². The summed E-state index contributed by atoms with van der Waals surface area (Å²) < 4.78 is 7.22. The molecule has 1 aliphatic heterocycles.